The van der Waals surface area contributed by atoms with Crippen molar-refractivity contribution in [2.45, 2.75) is 6.43 Å². The first-order valence-electron chi connectivity index (χ1n) is 5.28. The Balaban J connectivity index is 2.52. The molecule has 1 aromatic carbocycles. The molecule has 0 fully saturated rings. The number of aromatic nitrogens is 1. The van der Waals surface area contributed by atoms with Crippen molar-refractivity contribution in [1.29, 1.82) is 0 Å². The normalized spacial score (nSPS) is 10.8. The highest BCUT2D eigenvalue weighted by Gasteiger charge is 2.17. The summed E-state index contributed by atoms with van der Waals surface area (Å²) in [7, 11) is 1.30. The molecular formula is C11H9BBrF2NO2S. The molecule has 100 valence electrons. The highest BCUT2D eigenvalue weighted by atomic mass is 79.9. The number of thiazole rings is 1. The molecule has 1 N–H and O–H groups in total. The maximum Gasteiger partial charge on any atom is 0.305 e. The van der Waals surface area contributed by atoms with E-state index in [2.05, 4.69) is 20.9 Å². The van der Waals surface area contributed by atoms with Crippen LogP contribution in [0.1, 0.15) is 11.3 Å². The minimum absolute atomic E-state index is 0.0965. The first-order valence-corrected chi connectivity index (χ1v) is 6.89. The topological polar surface area (TPSA) is 42.4 Å². The van der Waals surface area contributed by atoms with Crippen molar-refractivity contribution in [1.82, 2.24) is 4.98 Å². The van der Waals surface area contributed by atoms with Gasteiger partial charge in [-0.1, -0.05) is 0 Å². The van der Waals surface area contributed by atoms with E-state index in [1.807, 2.05) is 0 Å². The van der Waals surface area contributed by atoms with E-state index < -0.39 is 6.43 Å². The van der Waals surface area contributed by atoms with Gasteiger partial charge < -0.3 is 9.76 Å². The van der Waals surface area contributed by atoms with E-state index in [0.717, 1.165) is 17.5 Å². The van der Waals surface area contributed by atoms with Crippen molar-refractivity contribution in [3.63, 3.8) is 0 Å². The van der Waals surface area contributed by atoms with Gasteiger partial charge in [0, 0.05) is 11.8 Å². The van der Waals surface area contributed by atoms with Crippen LogP contribution in [-0.2, 0) is 0 Å². The van der Waals surface area contributed by atoms with Crippen LogP contribution in [0, 0.1) is 0 Å². The van der Waals surface area contributed by atoms with Crippen LogP contribution in [0.5, 0.6) is 5.75 Å². The van der Waals surface area contributed by atoms with Gasteiger partial charge >= 0.3 is 7.48 Å². The predicted molar refractivity (Wildman–Crippen MR) is 75.8 cm³/mol. The van der Waals surface area contributed by atoms with Crippen molar-refractivity contribution in [3.05, 3.63) is 27.7 Å². The molecule has 0 amide bonds. The number of rotatable bonds is 4. The summed E-state index contributed by atoms with van der Waals surface area (Å²) in [5.41, 5.74) is 1.20. The molecule has 0 aliphatic rings. The first-order chi connectivity index (χ1) is 9.06. The largest absolute Gasteiger partial charge is 0.496 e. The Kier molecular flexibility index (Phi) is 4.54. The Hall–Kier alpha value is -0.985. The van der Waals surface area contributed by atoms with Gasteiger partial charge in [-0.15, -0.1) is 11.3 Å². The van der Waals surface area contributed by atoms with E-state index in [1.165, 1.54) is 7.11 Å². The van der Waals surface area contributed by atoms with Crippen molar-refractivity contribution >= 4 is 40.2 Å². The fourth-order valence-corrected chi connectivity index (χ4v) is 2.97. The molecule has 0 saturated heterocycles. The molecule has 0 bridgehead atoms. The van der Waals surface area contributed by atoms with Crippen molar-refractivity contribution in [2.24, 2.45) is 0 Å². The molecule has 0 atom stereocenters. The van der Waals surface area contributed by atoms with E-state index in [-0.39, 0.29) is 12.4 Å². The zero-order valence-corrected chi connectivity index (χ0v) is 12.3. The number of benzene rings is 1. The smallest absolute Gasteiger partial charge is 0.305 e. The minimum Gasteiger partial charge on any atom is -0.496 e. The number of halogens is 3. The highest BCUT2D eigenvalue weighted by molar-refractivity contribution is 9.10. The molecule has 2 rings (SSSR count). The molecule has 0 aliphatic carbocycles. The molecule has 0 radical (unpaired) electrons. The highest BCUT2D eigenvalue weighted by Crippen LogP contribution is 2.34. The molecule has 2 aromatic rings. The van der Waals surface area contributed by atoms with Crippen molar-refractivity contribution in [2.75, 3.05) is 7.11 Å². The third kappa shape index (κ3) is 2.96. The van der Waals surface area contributed by atoms with Crippen LogP contribution in [0.15, 0.2) is 22.8 Å². The van der Waals surface area contributed by atoms with Gasteiger partial charge in [0.2, 0.25) is 0 Å². The van der Waals surface area contributed by atoms with Crippen molar-refractivity contribution < 1.29 is 18.5 Å². The summed E-state index contributed by atoms with van der Waals surface area (Å²) in [6, 6.07) is 3.36. The number of nitrogens with zero attached hydrogens (tertiary/aromatic N) is 1. The summed E-state index contributed by atoms with van der Waals surface area (Å²) in [6.07, 6.45) is -1.39. The van der Waals surface area contributed by atoms with Crippen LogP contribution in [0.4, 0.5) is 8.78 Å². The average molecular weight is 348 g/mol. The second kappa shape index (κ2) is 5.98. The van der Waals surface area contributed by atoms with Gasteiger partial charge in [0.05, 0.1) is 16.5 Å². The number of hydrogen-bond acceptors (Lipinski definition) is 4. The number of ether oxygens (including phenoxy) is 1. The lowest BCUT2D eigenvalue weighted by molar-refractivity contribution is 0.155. The molecular weight excluding hydrogens is 339 g/mol. The monoisotopic (exact) mass is 347 g/mol. The van der Waals surface area contributed by atoms with E-state index in [0.29, 0.717) is 26.3 Å². The maximum atomic E-state index is 12.6. The van der Waals surface area contributed by atoms with Gasteiger partial charge in [-0.25, -0.2) is 13.8 Å². The summed E-state index contributed by atoms with van der Waals surface area (Å²) in [6.45, 7) is 0. The molecule has 0 aliphatic heterocycles. The van der Waals surface area contributed by atoms with Gasteiger partial charge in [-0.3, -0.25) is 0 Å². The molecule has 19 heavy (non-hydrogen) atoms. The van der Waals surface area contributed by atoms with Crippen LogP contribution in [-0.4, -0.2) is 24.6 Å². The van der Waals surface area contributed by atoms with Crippen LogP contribution in [0.3, 0.4) is 0 Å². The van der Waals surface area contributed by atoms with Crippen LogP contribution >= 0.6 is 27.3 Å². The minimum atomic E-state index is -2.54. The quantitative estimate of drug-likeness (QED) is 0.864. The third-order valence-electron chi connectivity index (χ3n) is 2.52. The Morgan fingerprint density at radius 3 is 2.74 bits per heavy atom. The van der Waals surface area contributed by atoms with E-state index in [4.69, 9.17) is 4.74 Å². The summed E-state index contributed by atoms with van der Waals surface area (Å²) in [5.74, 6) is 0.556. The molecule has 0 saturated carbocycles. The SMILES string of the molecule is COc1cc(-c2ncc(C(F)F)s2)c(BO)cc1Br. The van der Waals surface area contributed by atoms with Crippen LogP contribution in [0.25, 0.3) is 10.6 Å². The summed E-state index contributed by atoms with van der Waals surface area (Å²) in [5, 5.41) is 9.79. The standard InChI is InChI=1S/C11H9BBrF2NO2S/c1-18-8-2-5(6(12-17)3-7(8)13)11-16-4-9(19-11)10(14)15/h2-4,10,12,17H,1H3. The Labute approximate surface area is 121 Å². The number of alkyl halides is 2. The zero-order valence-electron chi connectivity index (χ0n) is 9.86. The molecule has 1 heterocycles. The Bertz CT molecular complexity index is 594. The van der Waals surface area contributed by atoms with Crippen LogP contribution < -0.4 is 10.2 Å². The number of methoxy groups -OCH3 is 1. The lowest BCUT2D eigenvalue weighted by Crippen LogP contribution is -2.16. The first kappa shape index (κ1) is 14.4. The van der Waals surface area contributed by atoms with Gasteiger partial charge in [0.25, 0.3) is 6.43 Å². The van der Waals surface area contributed by atoms with E-state index in [9.17, 15) is 13.8 Å². The van der Waals surface area contributed by atoms with Gasteiger partial charge in [0.1, 0.15) is 10.8 Å². The number of hydrogen-bond donors (Lipinski definition) is 1. The fourth-order valence-electron chi connectivity index (χ4n) is 1.59. The molecule has 1 aromatic heterocycles. The summed E-state index contributed by atoms with van der Waals surface area (Å²) >= 11 is 4.22. The molecule has 8 heteroatoms. The average Bonchev–Trinajstić information content (AvgIpc) is 2.88. The van der Waals surface area contributed by atoms with Crippen LogP contribution in [0.2, 0.25) is 0 Å². The second-order valence-electron chi connectivity index (χ2n) is 3.67. The predicted octanol–water partition coefficient (Wildman–Crippen LogP) is 2.49. The second-order valence-corrected chi connectivity index (χ2v) is 5.59. The van der Waals surface area contributed by atoms with Crippen molar-refractivity contribution in [3.8, 4) is 16.3 Å². The van der Waals surface area contributed by atoms with Gasteiger partial charge in [0.15, 0.2) is 0 Å². The maximum absolute atomic E-state index is 12.6. The third-order valence-corrected chi connectivity index (χ3v) is 4.17. The summed E-state index contributed by atoms with van der Waals surface area (Å²) < 4.78 is 31.0. The van der Waals surface area contributed by atoms with E-state index in [1.54, 1.807) is 12.1 Å². The van der Waals surface area contributed by atoms with Gasteiger partial charge in [-0.05, 0) is 33.5 Å². The Morgan fingerprint density at radius 1 is 1.47 bits per heavy atom. The molecule has 3 nitrogen and oxygen atoms in total. The zero-order chi connectivity index (χ0) is 14.0. The fraction of sp³-hybridized carbons (Fsp3) is 0.182. The Morgan fingerprint density at radius 2 is 2.21 bits per heavy atom. The molecule has 0 unspecified atom stereocenters. The van der Waals surface area contributed by atoms with Gasteiger partial charge in [-0.2, -0.15) is 0 Å². The lowest BCUT2D eigenvalue weighted by atomic mass is 9.84. The van der Waals surface area contributed by atoms with E-state index >= 15 is 0 Å². The molecule has 0 spiro atoms. The summed E-state index contributed by atoms with van der Waals surface area (Å²) in [4.78, 5) is 3.88. The lowest BCUT2D eigenvalue weighted by Gasteiger charge is -2.09.